The van der Waals surface area contributed by atoms with Crippen LogP contribution in [0.15, 0.2) is 36.4 Å². The Bertz CT molecular complexity index is 806. The number of halogens is 2. The number of imidazole rings is 1. The normalized spacial score (nSPS) is 11.2. The zero-order valence-electron chi connectivity index (χ0n) is 12.0. The molecule has 0 saturated carbocycles. The van der Waals surface area contributed by atoms with E-state index in [1.165, 1.54) is 5.56 Å². The van der Waals surface area contributed by atoms with Crippen molar-refractivity contribution < 1.29 is 0 Å². The molecule has 0 aliphatic carbocycles. The van der Waals surface area contributed by atoms with Crippen LogP contribution >= 0.6 is 23.2 Å². The Morgan fingerprint density at radius 3 is 2.62 bits per heavy atom. The molecule has 2 aromatic carbocycles. The van der Waals surface area contributed by atoms with Crippen molar-refractivity contribution in [2.45, 2.75) is 20.3 Å². The Hall–Kier alpha value is -1.51. The molecule has 0 saturated heterocycles. The largest absolute Gasteiger partial charge is 0.296 e. The van der Waals surface area contributed by atoms with Gasteiger partial charge in [-0.05, 0) is 43.2 Å². The van der Waals surface area contributed by atoms with E-state index in [1.54, 1.807) is 0 Å². The molecule has 4 heteroatoms. The maximum absolute atomic E-state index is 6.29. The van der Waals surface area contributed by atoms with Crippen molar-refractivity contribution in [1.29, 1.82) is 0 Å². The fourth-order valence-corrected chi connectivity index (χ4v) is 2.94. The van der Waals surface area contributed by atoms with Crippen molar-refractivity contribution in [1.82, 2.24) is 9.55 Å². The summed E-state index contributed by atoms with van der Waals surface area (Å²) in [5.41, 5.74) is 5.41. The number of nitrogens with zero attached hydrogens (tertiary/aromatic N) is 2. The first-order chi connectivity index (χ1) is 10.1. The molecule has 3 rings (SSSR count). The summed E-state index contributed by atoms with van der Waals surface area (Å²) < 4.78 is 2.17. The van der Waals surface area contributed by atoms with Crippen molar-refractivity contribution in [2.24, 2.45) is 0 Å². The number of alkyl halides is 1. The summed E-state index contributed by atoms with van der Waals surface area (Å²) in [6.07, 6.45) is 0.723. The van der Waals surface area contributed by atoms with E-state index in [2.05, 4.69) is 23.6 Å². The maximum atomic E-state index is 6.29. The number of hydrogen-bond donors (Lipinski definition) is 0. The molecule has 0 amide bonds. The lowest BCUT2D eigenvalue weighted by Crippen LogP contribution is -2.03. The van der Waals surface area contributed by atoms with E-state index in [1.807, 2.05) is 31.2 Å². The van der Waals surface area contributed by atoms with Gasteiger partial charge in [-0.15, -0.1) is 11.6 Å². The molecule has 0 spiro atoms. The molecular formula is C17H16Cl2N2. The molecule has 1 aromatic heterocycles. The molecular weight excluding hydrogens is 303 g/mol. The first-order valence-electron chi connectivity index (χ1n) is 6.91. The van der Waals surface area contributed by atoms with E-state index in [0.29, 0.717) is 5.88 Å². The smallest absolute Gasteiger partial charge is 0.115 e. The van der Waals surface area contributed by atoms with E-state index in [9.17, 15) is 0 Å². The van der Waals surface area contributed by atoms with Gasteiger partial charge in [-0.1, -0.05) is 29.8 Å². The third-order valence-electron chi connectivity index (χ3n) is 3.68. The zero-order chi connectivity index (χ0) is 15.0. The van der Waals surface area contributed by atoms with Crippen molar-refractivity contribution >= 4 is 34.2 Å². The van der Waals surface area contributed by atoms with Gasteiger partial charge in [-0.3, -0.25) is 4.57 Å². The molecule has 108 valence electrons. The minimum Gasteiger partial charge on any atom is -0.296 e. The maximum Gasteiger partial charge on any atom is 0.115 e. The van der Waals surface area contributed by atoms with Crippen LogP contribution in [0.5, 0.6) is 0 Å². The van der Waals surface area contributed by atoms with Gasteiger partial charge < -0.3 is 0 Å². The lowest BCUT2D eigenvalue weighted by atomic mass is 10.2. The third kappa shape index (κ3) is 2.54. The van der Waals surface area contributed by atoms with Crippen molar-refractivity contribution in [3.05, 3.63) is 58.4 Å². The van der Waals surface area contributed by atoms with Gasteiger partial charge in [-0.2, -0.15) is 0 Å². The van der Waals surface area contributed by atoms with Gasteiger partial charge in [0, 0.05) is 23.0 Å². The van der Waals surface area contributed by atoms with E-state index in [4.69, 9.17) is 28.2 Å². The summed E-state index contributed by atoms with van der Waals surface area (Å²) in [6.45, 7) is 4.10. The Balaban J connectivity index is 2.32. The highest BCUT2D eigenvalue weighted by molar-refractivity contribution is 6.31. The number of aromatic nitrogens is 2. The number of benzene rings is 2. The highest BCUT2D eigenvalue weighted by atomic mass is 35.5. The van der Waals surface area contributed by atoms with Crippen LogP contribution in [-0.4, -0.2) is 15.4 Å². The van der Waals surface area contributed by atoms with Crippen molar-refractivity contribution in [3.8, 4) is 5.69 Å². The van der Waals surface area contributed by atoms with Crippen LogP contribution < -0.4 is 0 Å². The average molecular weight is 319 g/mol. The monoisotopic (exact) mass is 318 g/mol. The second kappa shape index (κ2) is 5.70. The Morgan fingerprint density at radius 2 is 1.90 bits per heavy atom. The van der Waals surface area contributed by atoms with E-state index in [0.717, 1.165) is 39.6 Å². The van der Waals surface area contributed by atoms with E-state index < -0.39 is 0 Å². The molecule has 0 aliphatic rings. The summed E-state index contributed by atoms with van der Waals surface area (Å²) in [5, 5.41) is 0.764. The Kier molecular flexibility index (Phi) is 3.92. The second-order valence-corrected chi connectivity index (χ2v) is 5.96. The molecule has 3 aromatic rings. The lowest BCUT2D eigenvalue weighted by Gasteiger charge is -2.11. The molecule has 0 atom stereocenters. The summed E-state index contributed by atoms with van der Waals surface area (Å²) in [6, 6.07) is 12.3. The van der Waals surface area contributed by atoms with Gasteiger partial charge in [0.05, 0.1) is 11.0 Å². The zero-order valence-corrected chi connectivity index (χ0v) is 13.5. The molecule has 0 N–H and O–H groups in total. The number of rotatable bonds is 3. The van der Waals surface area contributed by atoms with Crippen LogP contribution in [-0.2, 0) is 6.42 Å². The van der Waals surface area contributed by atoms with Gasteiger partial charge >= 0.3 is 0 Å². The lowest BCUT2D eigenvalue weighted by molar-refractivity contribution is 0.910. The number of para-hydroxylation sites is 1. The Labute approximate surface area is 134 Å². The fraction of sp³-hybridized carbons (Fsp3) is 0.235. The van der Waals surface area contributed by atoms with E-state index >= 15 is 0 Å². The van der Waals surface area contributed by atoms with Gasteiger partial charge in [0.15, 0.2) is 0 Å². The number of fused-ring (bicyclic) bond motifs is 1. The van der Waals surface area contributed by atoms with Crippen LogP contribution in [0.3, 0.4) is 0 Å². The molecule has 0 unspecified atom stereocenters. The predicted molar refractivity (Wildman–Crippen MR) is 90.0 cm³/mol. The minimum absolute atomic E-state index is 0.544. The number of hydrogen-bond acceptors (Lipinski definition) is 1. The molecule has 0 radical (unpaired) electrons. The molecule has 0 fully saturated rings. The van der Waals surface area contributed by atoms with Crippen LogP contribution in [0.2, 0.25) is 5.02 Å². The summed E-state index contributed by atoms with van der Waals surface area (Å²) >= 11 is 12.2. The van der Waals surface area contributed by atoms with Crippen LogP contribution in [0.1, 0.15) is 17.0 Å². The van der Waals surface area contributed by atoms with Crippen molar-refractivity contribution in [2.75, 3.05) is 5.88 Å². The summed E-state index contributed by atoms with van der Waals surface area (Å²) in [7, 11) is 0. The average Bonchev–Trinajstić information content (AvgIpc) is 2.82. The van der Waals surface area contributed by atoms with Gasteiger partial charge in [0.2, 0.25) is 0 Å². The first-order valence-corrected chi connectivity index (χ1v) is 7.82. The highest BCUT2D eigenvalue weighted by Crippen LogP contribution is 2.27. The molecule has 1 heterocycles. The third-order valence-corrected chi connectivity index (χ3v) is 4.28. The molecule has 0 aliphatic heterocycles. The summed E-state index contributed by atoms with van der Waals surface area (Å²) in [5.74, 6) is 1.51. The molecule has 2 nitrogen and oxygen atoms in total. The van der Waals surface area contributed by atoms with Gasteiger partial charge in [-0.25, -0.2) is 4.98 Å². The fourth-order valence-electron chi connectivity index (χ4n) is 2.59. The standard InChI is InChI=1S/C17H16Cl2N2/c1-11-6-7-13(10-14(11)19)21-16(8-9-18)20-15-5-3-4-12(2)17(15)21/h3-7,10H,8-9H2,1-2H3. The quantitative estimate of drug-likeness (QED) is 0.616. The van der Waals surface area contributed by atoms with E-state index in [-0.39, 0.29) is 0 Å². The van der Waals surface area contributed by atoms with Gasteiger partial charge in [0.1, 0.15) is 5.82 Å². The van der Waals surface area contributed by atoms with Crippen LogP contribution in [0.25, 0.3) is 16.7 Å². The van der Waals surface area contributed by atoms with Crippen LogP contribution in [0, 0.1) is 13.8 Å². The SMILES string of the molecule is Cc1ccc(-n2c(CCCl)nc3cccc(C)c32)cc1Cl. The Morgan fingerprint density at radius 1 is 1.10 bits per heavy atom. The van der Waals surface area contributed by atoms with Gasteiger partial charge in [0.25, 0.3) is 0 Å². The predicted octanol–water partition coefficient (Wildman–Crippen LogP) is 5.08. The minimum atomic E-state index is 0.544. The topological polar surface area (TPSA) is 17.8 Å². The highest BCUT2D eigenvalue weighted by Gasteiger charge is 2.14. The second-order valence-electron chi connectivity index (χ2n) is 5.18. The van der Waals surface area contributed by atoms with Crippen molar-refractivity contribution in [3.63, 3.8) is 0 Å². The number of aryl methyl sites for hydroxylation is 3. The summed E-state index contributed by atoms with van der Waals surface area (Å²) in [4.78, 5) is 4.73. The van der Waals surface area contributed by atoms with Crippen LogP contribution in [0.4, 0.5) is 0 Å². The molecule has 0 bridgehead atoms. The molecule has 21 heavy (non-hydrogen) atoms. The first kappa shape index (κ1) is 14.4.